The van der Waals surface area contributed by atoms with Gasteiger partial charge >= 0.3 is 24.2 Å². The zero-order valence-corrected chi connectivity index (χ0v) is 5.97. The second kappa shape index (κ2) is 18.7. The summed E-state index contributed by atoms with van der Waals surface area (Å²) in [6, 6.07) is 0. The molecule has 35 valence electrons. The Hall–Kier alpha value is 1.26. The summed E-state index contributed by atoms with van der Waals surface area (Å²) in [5.41, 5.74) is 0. The molecule has 0 N–H and O–H groups in total. The predicted molar refractivity (Wildman–Crippen MR) is 1.37 cm³/mol. The first kappa shape index (κ1) is 16.3. The fourth-order valence-corrected chi connectivity index (χ4v) is 0. The molecule has 5 heavy (non-hydrogen) atoms. The molecule has 0 unspecified atom stereocenters. The first-order valence-electron chi connectivity index (χ1n) is 0.289. The topological polar surface area (TPSA) is 34.1 Å². The molecule has 0 rings (SSSR count). The van der Waals surface area contributed by atoms with Crippen molar-refractivity contribution in [1.29, 1.82) is 0 Å². The van der Waals surface area contributed by atoms with Gasteiger partial charge in [-0.3, -0.25) is 0 Å². The van der Waals surface area contributed by atoms with Crippen LogP contribution < -0.4 is 0 Å². The molecular weight excluding hydrogens is 244 g/mol. The van der Waals surface area contributed by atoms with E-state index in [1.807, 2.05) is 0 Å². The van der Waals surface area contributed by atoms with E-state index in [-0.39, 0.29) is 34.1 Å². The standard InChI is InChI=1S/Co.Cr.2O.Ru. The van der Waals surface area contributed by atoms with Crippen LogP contribution in [0.5, 0.6) is 0 Å². The van der Waals surface area contributed by atoms with Crippen molar-refractivity contribution in [3.63, 3.8) is 0 Å². The average Bonchev–Trinajstić information content (AvgIpc) is 0.918. The van der Waals surface area contributed by atoms with Crippen LogP contribution in [-0.2, 0) is 58.3 Å². The van der Waals surface area contributed by atoms with Crippen molar-refractivity contribution in [2.75, 3.05) is 0 Å². The zero-order valence-electron chi connectivity index (χ0n) is 1.91. The first-order chi connectivity index (χ1) is 1.41. The van der Waals surface area contributed by atoms with Crippen LogP contribution in [0.25, 0.3) is 0 Å². The molecular formula is CoCrO2Ru. The van der Waals surface area contributed by atoms with Crippen LogP contribution in [0.15, 0.2) is 0 Å². The van der Waals surface area contributed by atoms with Crippen molar-refractivity contribution in [3.8, 4) is 0 Å². The molecule has 0 heterocycles. The molecule has 0 saturated carbocycles. The van der Waals surface area contributed by atoms with Gasteiger partial charge in [-0.25, -0.2) is 0 Å². The second-order valence-electron chi connectivity index (χ2n) is 0.0589. The summed E-state index contributed by atoms with van der Waals surface area (Å²) in [6.45, 7) is 0. The molecule has 0 aromatic rings. The molecule has 0 aliphatic carbocycles. The third kappa shape index (κ3) is 35.1. The summed E-state index contributed by atoms with van der Waals surface area (Å²) in [5, 5.41) is 0. The molecule has 0 atom stereocenters. The average molecular weight is 244 g/mol. The maximum atomic E-state index is 8.46. The number of hydrogen-bond acceptors (Lipinski definition) is 2. The summed E-state index contributed by atoms with van der Waals surface area (Å²) in [7, 11) is 0. The molecule has 0 fully saturated rings. The van der Waals surface area contributed by atoms with Gasteiger partial charge in [0.2, 0.25) is 0 Å². The van der Waals surface area contributed by atoms with Crippen LogP contribution in [0, 0.1) is 0 Å². The van der Waals surface area contributed by atoms with E-state index in [1.54, 1.807) is 0 Å². The third-order valence-electron chi connectivity index (χ3n) is 0. The number of rotatable bonds is 0. The normalized spacial score (nSPS) is 3.20. The molecule has 5 heteroatoms. The van der Waals surface area contributed by atoms with Crippen molar-refractivity contribution in [2.24, 2.45) is 0 Å². The van der Waals surface area contributed by atoms with Crippen molar-refractivity contribution in [3.05, 3.63) is 0 Å². The van der Waals surface area contributed by atoms with Crippen LogP contribution in [0.4, 0.5) is 0 Å². The van der Waals surface area contributed by atoms with Gasteiger partial charge in [0, 0.05) is 34.1 Å². The fraction of sp³-hybridized carbons (Fsp3) is 0. The Kier molecular flexibility index (Phi) is 60.9. The Morgan fingerprint density at radius 2 is 1.20 bits per heavy atom. The summed E-state index contributed by atoms with van der Waals surface area (Å²) >= 11 is -1.79. The van der Waals surface area contributed by atoms with Gasteiger partial charge in [-0.15, -0.1) is 0 Å². The summed E-state index contributed by atoms with van der Waals surface area (Å²) in [4.78, 5) is 0. The summed E-state index contributed by atoms with van der Waals surface area (Å²) in [5.74, 6) is 0. The minimum absolute atomic E-state index is 0. The van der Waals surface area contributed by atoms with E-state index in [9.17, 15) is 0 Å². The minimum atomic E-state index is -1.79. The molecule has 0 saturated heterocycles. The van der Waals surface area contributed by atoms with Crippen molar-refractivity contribution in [1.82, 2.24) is 0 Å². The Morgan fingerprint density at radius 1 is 1.20 bits per heavy atom. The Balaban J connectivity index is -0.0000000200. The van der Waals surface area contributed by atoms with E-state index in [0.29, 0.717) is 0 Å². The van der Waals surface area contributed by atoms with Gasteiger partial charge in [0.05, 0.1) is 0 Å². The maximum absolute atomic E-state index is 8.46. The third-order valence-corrected chi connectivity index (χ3v) is 0. The van der Waals surface area contributed by atoms with Crippen molar-refractivity contribution < 1.29 is 58.3 Å². The van der Waals surface area contributed by atoms with Crippen LogP contribution in [0.2, 0.25) is 0 Å². The summed E-state index contributed by atoms with van der Waals surface area (Å²) in [6.07, 6.45) is 0. The van der Waals surface area contributed by atoms with Gasteiger partial charge in [-0.2, -0.15) is 0 Å². The second-order valence-corrected chi connectivity index (χ2v) is 0.349. The van der Waals surface area contributed by atoms with Gasteiger partial charge in [-0.1, -0.05) is 0 Å². The van der Waals surface area contributed by atoms with Crippen LogP contribution in [-0.4, -0.2) is 0 Å². The van der Waals surface area contributed by atoms with E-state index < -0.39 is 17.0 Å². The Bertz CT molecular complexity index is 30.6. The fourth-order valence-electron chi connectivity index (χ4n) is 0. The van der Waals surface area contributed by atoms with E-state index in [2.05, 4.69) is 0 Å². The molecule has 1 radical (unpaired) electrons. The SMILES string of the molecule is [Co].[Cr].[O]=[Ru]=[O]. The molecule has 0 aliphatic rings. The van der Waals surface area contributed by atoms with Crippen molar-refractivity contribution >= 4 is 0 Å². The van der Waals surface area contributed by atoms with E-state index in [1.165, 1.54) is 0 Å². The molecule has 0 aromatic carbocycles. The van der Waals surface area contributed by atoms with Crippen LogP contribution in [0.3, 0.4) is 0 Å². The monoisotopic (exact) mass is 245 g/mol. The quantitative estimate of drug-likeness (QED) is 0.551. The van der Waals surface area contributed by atoms with Gasteiger partial charge in [0.15, 0.2) is 0 Å². The molecule has 0 aromatic heterocycles. The summed E-state index contributed by atoms with van der Waals surface area (Å²) < 4.78 is 16.9. The van der Waals surface area contributed by atoms with Crippen molar-refractivity contribution in [2.45, 2.75) is 0 Å². The molecule has 0 bridgehead atoms. The van der Waals surface area contributed by atoms with Gasteiger partial charge < -0.3 is 0 Å². The molecule has 0 amide bonds. The zero-order chi connectivity index (χ0) is 2.71. The van der Waals surface area contributed by atoms with Gasteiger partial charge in [0.25, 0.3) is 0 Å². The molecule has 0 aliphatic heterocycles. The molecule has 0 spiro atoms. The van der Waals surface area contributed by atoms with Crippen LogP contribution in [0.1, 0.15) is 0 Å². The van der Waals surface area contributed by atoms with E-state index >= 15 is 0 Å². The van der Waals surface area contributed by atoms with Gasteiger partial charge in [0.1, 0.15) is 0 Å². The Labute approximate surface area is 58.2 Å². The predicted octanol–water partition coefficient (Wildman–Crippen LogP) is -0.245. The van der Waals surface area contributed by atoms with E-state index in [4.69, 9.17) is 7.15 Å². The first-order valence-corrected chi connectivity index (χ1v) is 1.71. The van der Waals surface area contributed by atoms with Crippen LogP contribution >= 0.6 is 0 Å². The molecule has 2 nitrogen and oxygen atoms in total. The number of hydrogen-bond donors (Lipinski definition) is 0. The Morgan fingerprint density at radius 3 is 1.20 bits per heavy atom. The van der Waals surface area contributed by atoms with Gasteiger partial charge in [-0.05, 0) is 0 Å². The van der Waals surface area contributed by atoms with E-state index in [0.717, 1.165) is 0 Å².